The van der Waals surface area contributed by atoms with Gasteiger partial charge in [-0.05, 0) is 50.4 Å². The number of rotatable bonds is 3. The number of hydrogen-bond donors (Lipinski definition) is 1. The molecule has 2 aromatic heterocycles. The summed E-state index contributed by atoms with van der Waals surface area (Å²) < 4.78 is 4.22. The van der Waals surface area contributed by atoms with Crippen LogP contribution in [0, 0.1) is 12.4 Å². The fraction of sp³-hybridized carbons (Fsp3) is 0.143. The molecule has 2 heterocycles. The predicted octanol–water partition coefficient (Wildman–Crippen LogP) is 5.71. The molecule has 0 amide bonds. The van der Waals surface area contributed by atoms with Crippen LogP contribution in [0.25, 0.3) is 39.2 Å². The summed E-state index contributed by atoms with van der Waals surface area (Å²) in [5.74, 6) is 0.218. The van der Waals surface area contributed by atoms with Gasteiger partial charge in [0.25, 0.3) is 0 Å². The van der Waals surface area contributed by atoms with Crippen molar-refractivity contribution in [3.63, 3.8) is 0 Å². The van der Waals surface area contributed by atoms with Gasteiger partial charge in [0, 0.05) is 5.56 Å². The molecule has 166 valence electrons. The van der Waals surface area contributed by atoms with Crippen LogP contribution in [0.4, 0.5) is 0 Å². The Labute approximate surface area is 208 Å². The van der Waals surface area contributed by atoms with E-state index >= 15 is 0 Å². The molecule has 5 heteroatoms. The van der Waals surface area contributed by atoms with Crippen molar-refractivity contribution in [2.24, 2.45) is 0 Å². The molecule has 33 heavy (non-hydrogen) atoms. The fourth-order valence-corrected chi connectivity index (χ4v) is 3.91. The Kier molecular flexibility index (Phi) is 6.23. The maximum atomic E-state index is 10.2. The second-order valence-corrected chi connectivity index (χ2v) is 8.81. The summed E-state index contributed by atoms with van der Waals surface area (Å²) in [5, 5.41) is 10.2. The number of aromatic hydroxyl groups is 1. The average molecular weight is 614 g/mol. The first kappa shape index (κ1) is 22.9. The smallest absolute Gasteiger partial charge is 0.507 e. The van der Waals surface area contributed by atoms with Crippen molar-refractivity contribution in [3.8, 4) is 34.0 Å². The van der Waals surface area contributed by atoms with Gasteiger partial charge in [0.05, 0.1) is 22.3 Å². The van der Waals surface area contributed by atoms with Crippen molar-refractivity contribution < 1.29 is 30.7 Å². The van der Waals surface area contributed by atoms with Crippen LogP contribution in [-0.2, 0) is 26.6 Å². The number of benzene rings is 3. The van der Waals surface area contributed by atoms with Gasteiger partial charge in [-0.1, -0.05) is 48.5 Å². The molecule has 3 aromatic carbocycles. The number of hydrogen-bond acceptors (Lipinski definition) is 2. The zero-order valence-electron chi connectivity index (χ0n) is 18.7. The topological polar surface area (TPSA) is 41.9 Å². The molecule has 0 unspecified atom stereocenters. The van der Waals surface area contributed by atoms with Crippen molar-refractivity contribution in [3.05, 3.63) is 97.3 Å². The Morgan fingerprint density at radius 2 is 1.52 bits per heavy atom. The number of para-hydroxylation sites is 3. The molecule has 5 rings (SSSR count). The average Bonchev–Trinajstić information content (AvgIpc) is 3.20. The zero-order valence-corrected chi connectivity index (χ0v) is 21.0. The number of nitrogens with zero attached hydrogens (tertiary/aromatic N) is 3. The molecule has 0 saturated carbocycles. The quantitative estimate of drug-likeness (QED) is 0.210. The molecule has 1 N–H and O–H groups in total. The zero-order chi connectivity index (χ0) is 22.3. The summed E-state index contributed by atoms with van der Waals surface area (Å²) >= 11 is 0. The summed E-state index contributed by atoms with van der Waals surface area (Å²) in [7, 11) is 0. The minimum atomic E-state index is -0.101. The number of pyridine rings is 1. The maximum Gasteiger partial charge on any atom is 2.00 e. The number of phenolic OH excluding ortho intramolecular Hbond substituents is 1. The summed E-state index contributed by atoms with van der Waals surface area (Å²) in [6.07, 6.45) is 3.52. The van der Waals surface area contributed by atoms with Crippen molar-refractivity contribution in [1.82, 2.24) is 9.55 Å². The van der Waals surface area contributed by atoms with Gasteiger partial charge in [0.2, 0.25) is 6.33 Å². The van der Waals surface area contributed by atoms with E-state index in [0.717, 1.165) is 33.7 Å². The van der Waals surface area contributed by atoms with Crippen LogP contribution in [0.2, 0.25) is 0 Å². The number of aromatic nitrogens is 3. The van der Waals surface area contributed by atoms with Crippen molar-refractivity contribution in [2.45, 2.75) is 26.3 Å². The molecule has 0 aliphatic carbocycles. The van der Waals surface area contributed by atoms with Crippen LogP contribution >= 0.6 is 0 Å². The second-order valence-electron chi connectivity index (χ2n) is 8.81. The molecule has 4 nitrogen and oxygen atoms in total. The minimum Gasteiger partial charge on any atom is -0.507 e. The van der Waals surface area contributed by atoms with Gasteiger partial charge >= 0.3 is 21.1 Å². The SMILES string of the molecule is CC(C)(C)[n+]1[c-]n(-c2[c-]c(-c3cccc(-c4ccccc4O)n3)ccc2)c2ccccc21.[Pt+2]. The number of imidazole rings is 1. The first-order valence-electron chi connectivity index (χ1n) is 10.7. The molecule has 0 aliphatic heterocycles. The standard InChI is InChI=1S/C28H24N3O.Pt/c1-28(2,3)31-19-30(25-15-5-6-16-26(25)31)21-11-8-10-20(18-21)23-13-9-14-24(29-23)22-12-4-7-17-27(22)32;/h4-17,32H,1-3H3;/q-1;+2. The van der Waals surface area contributed by atoms with E-state index in [0.29, 0.717) is 5.56 Å². The Bertz CT molecular complexity index is 1430. The molecule has 0 bridgehead atoms. The van der Waals surface area contributed by atoms with E-state index in [1.165, 1.54) is 0 Å². The molecule has 0 spiro atoms. The van der Waals surface area contributed by atoms with Crippen LogP contribution in [-0.4, -0.2) is 14.7 Å². The van der Waals surface area contributed by atoms with E-state index in [9.17, 15) is 5.11 Å². The molecule has 5 aromatic rings. The second kappa shape index (κ2) is 8.96. The predicted molar refractivity (Wildman–Crippen MR) is 126 cm³/mol. The van der Waals surface area contributed by atoms with Crippen LogP contribution < -0.4 is 4.57 Å². The van der Waals surface area contributed by atoms with Crippen LogP contribution in [0.5, 0.6) is 5.75 Å². The first-order valence-corrected chi connectivity index (χ1v) is 10.7. The molecule has 0 aliphatic rings. The summed E-state index contributed by atoms with van der Waals surface area (Å²) in [4.78, 5) is 4.80. The largest absolute Gasteiger partial charge is 2.00 e. The van der Waals surface area contributed by atoms with Crippen molar-refractivity contribution >= 4 is 11.0 Å². The van der Waals surface area contributed by atoms with E-state index in [-0.39, 0.29) is 32.4 Å². The van der Waals surface area contributed by atoms with Crippen molar-refractivity contribution in [2.75, 3.05) is 0 Å². The number of fused-ring (bicyclic) bond motifs is 1. The van der Waals surface area contributed by atoms with Gasteiger partial charge in [-0.15, -0.1) is 23.8 Å². The molecule has 0 radical (unpaired) electrons. The first-order chi connectivity index (χ1) is 15.4. The Balaban J connectivity index is 0.00000259. The molecular weight excluding hydrogens is 589 g/mol. The third-order valence-electron chi connectivity index (χ3n) is 5.46. The van der Waals surface area contributed by atoms with Gasteiger partial charge in [0.15, 0.2) is 0 Å². The van der Waals surface area contributed by atoms with Gasteiger partial charge in [-0.3, -0.25) is 4.98 Å². The van der Waals surface area contributed by atoms with E-state index < -0.39 is 0 Å². The summed E-state index contributed by atoms with van der Waals surface area (Å²) in [6.45, 7) is 6.53. The van der Waals surface area contributed by atoms with Crippen LogP contribution in [0.1, 0.15) is 20.8 Å². The van der Waals surface area contributed by atoms with Gasteiger partial charge in [0.1, 0.15) is 5.75 Å². The Morgan fingerprint density at radius 1 is 0.818 bits per heavy atom. The number of phenols is 1. The van der Waals surface area contributed by atoms with Crippen LogP contribution in [0.3, 0.4) is 0 Å². The van der Waals surface area contributed by atoms with E-state index in [1.807, 2.05) is 60.7 Å². The summed E-state index contributed by atoms with van der Waals surface area (Å²) in [6, 6.07) is 31.0. The molecular formula is C28H24N3OPt+. The molecule has 0 fully saturated rings. The van der Waals surface area contributed by atoms with Gasteiger partial charge in [-0.2, -0.15) is 6.07 Å². The summed E-state index contributed by atoms with van der Waals surface area (Å²) in [5.41, 5.74) is 6.11. The molecule has 0 atom stereocenters. The van der Waals surface area contributed by atoms with Crippen LogP contribution in [0.15, 0.2) is 84.9 Å². The molecule has 0 saturated heterocycles. The third-order valence-corrected chi connectivity index (χ3v) is 5.46. The van der Waals surface area contributed by atoms with E-state index in [1.54, 1.807) is 6.07 Å². The van der Waals surface area contributed by atoms with Gasteiger partial charge < -0.3 is 14.2 Å². The fourth-order valence-electron chi connectivity index (χ4n) is 3.91. The van der Waals surface area contributed by atoms with Crippen molar-refractivity contribution in [1.29, 1.82) is 0 Å². The Hall–Kier alpha value is -3.23. The Morgan fingerprint density at radius 3 is 2.30 bits per heavy atom. The monoisotopic (exact) mass is 613 g/mol. The van der Waals surface area contributed by atoms with Gasteiger partial charge in [-0.25, -0.2) is 0 Å². The maximum absolute atomic E-state index is 10.2. The third kappa shape index (κ3) is 4.36. The van der Waals surface area contributed by atoms with E-state index in [2.05, 4.69) is 60.5 Å². The van der Waals surface area contributed by atoms with E-state index in [4.69, 9.17) is 4.98 Å². The minimum absolute atomic E-state index is 0. The normalized spacial score (nSPS) is 11.4.